The number of nitrogens with zero attached hydrogens (tertiary/aromatic N) is 2. The Morgan fingerprint density at radius 3 is 2.33 bits per heavy atom. The van der Waals surface area contributed by atoms with Crippen molar-refractivity contribution in [3.05, 3.63) is 58.6 Å². The summed E-state index contributed by atoms with van der Waals surface area (Å²) < 4.78 is 71.6. The molecule has 0 bridgehead atoms. The van der Waals surface area contributed by atoms with Gasteiger partial charge in [-0.3, -0.25) is 13.9 Å². The molecule has 0 aliphatic heterocycles. The van der Waals surface area contributed by atoms with Crippen molar-refractivity contribution in [1.29, 1.82) is 0 Å². The van der Waals surface area contributed by atoms with Gasteiger partial charge in [0.25, 0.3) is 0 Å². The van der Waals surface area contributed by atoms with Crippen molar-refractivity contribution in [2.45, 2.75) is 46.0 Å². The van der Waals surface area contributed by atoms with E-state index in [0.29, 0.717) is 28.2 Å². The van der Waals surface area contributed by atoms with E-state index in [4.69, 9.17) is 16.3 Å². The predicted octanol–water partition coefficient (Wildman–Crippen LogP) is 4.71. The quantitative estimate of drug-likeness (QED) is 0.386. The molecule has 1 atom stereocenters. The summed E-state index contributed by atoms with van der Waals surface area (Å²) in [7, 11) is -2.75. The number of hydrogen-bond acceptors (Lipinski definition) is 5. The summed E-state index contributed by atoms with van der Waals surface area (Å²) in [4.78, 5) is 28.0. The number of methoxy groups -OCH3 is 1. The zero-order valence-electron chi connectivity index (χ0n) is 22.4. The van der Waals surface area contributed by atoms with Gasteiger partial charge in [-0.2, -0.15) is 13.2 Å². The van der Waals surface area contributed by atoms with Gasteiger partial charge in [-0.1, -0.05) is 44.5 Å². The molecule has 13 heteroatoms. The molecule has 2 amide bonds. The normalized spacial score (nSPS) is 12.7. The highest BCUT2D eigenvalue weighted by Crippen LogP contribution is 2.37. The van der Waals surface area contributed by atoms with Gasteiger partial charge in [0.05, 0.1) is 29.6 Å². The first-order valence-electron chi connectivity index (χ1n) is 12.1. The van der Waals surface area contributed by atoms with Crippen LogP contribution in [0.5, 0.6) is 5.75 Å². The van der Waals surface area contributed by atoms with Gasteiger partial charge in [0.1, 0.15) is 18.3 Å². The Balaban J connectivity index is 2.52. The lowest BCUT2D eigenvalue weighted by Gasteiger charge is -2.33. The number of hydrogen-bond donors (Lipinski definition) is 1. The van der Waals surface area contributed by atoms with E-state index in [1.807, 2.05) is 13.8 Å². The standard InChI is InChI=1S/C26H33ClF3N3O5S/c1-6-23(25(35)31-14-17(2)3)32(15-18-8-7-9-20(12-18)38-4)24(34)16-33(39(5,36)37)19-10-11-22(27)21(13-19)26(28,29)30/h7-13,17,23H,6,14-16H2,1-5H3,(H,31,35). The number of carbonyl (C=O) groups excluding carboxylic acids is 2. The fourth-order valence-electron chi connectivity index (χ4n) is 3.81. The number of amides is 2. The van der Waals surface area contributed by atoms with Crippen LogP contribution >= 0.6 is 11.6 Å². The topological polar surface area (TPSA) is 96.0 Å². The highest BCUT2D eigenvalue weighted by molar-refractivity contribution is 7.92. The number of benzene rings is 2. The minimum absolute atomic E-state index is 0.0738. The Morgan fingerprint density at radius 1 is 1.13 bits per heavy atom. The van der Waals surface area contributed by atoms with E-state index in [1.54, 1.807) is 31.2 Å². The van der Waals surface area contributed by atoms with E-state index in [1.165, 1.54) is 12.0 Å². The van der Waals surface area contributed by atoms with Crippen LogP contribution in [0.1, 0.15) is 38.3 Å². The molecule has 1 N–H and O–H groups in total. The predicted molar refractivity (Wildman–Crippen MR) is 144 cm³/mol. The average Bonchev–Trinajstić information content (AvgIpc) is 2.85. The number of nitrogens with one attached hydrogen (secondary N) is 1. The van der Waals surface area contributed by atoms with Crippen molar-refractivity contribution >= 4 is 39.1 Å². The lowest BCUT2D eigenvalue weighted by Crippen LogP contribution is -2.52. The van der Waals surface area contributed by atoms with Crippen LogP contribution in [-0.2, 0) is 32.3 Å². The average molecular weight is 592 g/mol. The van der Waals surface area contributed by atoms with E-state index < -0.39 is 51.2 Å². The summed E-state index contributed by atoms with van der Waals surface area (Å²) in [6.45, 7) is 4.97. The summed E-state index contributed by atoms with van der Waals surface area (Å²) >= 11 is 5.70. The van der Waals surface area contributed by atoms with Gasteiger partial charge in [0.2, 0.25) is 21.8 Å². The summed E-state index contributed by atoms with van der Waals surface area (Å²) in [5.41, 5.74) is -1.02. The molecule has 39 heavy (non-hydrogen) atoms. The fraction of sp³-hybridized carbons (Fsp3) is 0.462. The third kappa shape index (κ3) is 9.03. The molecule has 0 spiro atoms. The van der Waals surface area contributed by atoms with Crippen molar-refractivity contribution in [2.75, 3.05) is 30.8 Å². The maximum atomic E-state index is 13.7. The highest BCUT2D eigenvalue weighted by atomic mass is 35.5. The van der Waals surface area contributed by atoms with Gasteiger partial charge in [-0.05, 0) is 48.2 Å². The maximum Gasteiger partial charge on any atom is 0.417 e. The maximum absolute atomic E-state index is 13.7. The number of sulfonamides is 1. The van der Waals surface area contributed by atoms with Crippen LogP contribution in [0.25, 0.3) is 0 Å². The molecule has 0 radical (unpaired) electrons. The molecule has 0 saturated heterocycles. The van der Waals surface area contributed by atoms with Gasteiger partial charge < -0.3 is 15.0 Å². The molecule has 216 valence electrons. The highest BCUT2D eigenvalue weighted by Gasteiger charge is 2.36. The van der Waals surface area contributed by atoms with Gasteiger partial charge in [-0.15, -0.1) is 0 Å². The van der Waals surface area contributed by atoms with Crippen LogP contribution < -0.4 is 14.4 Å². The molecule has 2 rings (SSSR count). The Labute approximate surface area is 232 Å². The zero-order chi connectivity index (χ0) is 29.5. The van der Waals surface area contributed by atoms with Crippen LogP contribution in [0.15, 0.2) is 42.5 Å². The summed E-state index contributed by atoms with van der Waals surface area (Å²) in [6, 6.07) is 8.40. The summed E-state index contributed by atoms with van der Waals surface area (Å²) in [6.07, 6.45) is -3.86. The van der Waals surface area contributed by atoms with Crippen molar-refractivity contribution in [2.24, 2.45) is 5.92 Å². The Bertz CT molecular complexity index is 1270. The van der Waals surface area contributed by atoms with E-state index in [2.05, 4.69) is 5.32 Å². The van der Waals surface area contributed by atoms with Crippen molar-refractivity contribution in [3.8, 4) is 5.75 Å². The Kier molecular flexibility index (Phi) is 11.1. The van der Waals surface area contributed by atoms with Crippen LogP contribution in [0.4, 0.5) is 18.9 Å². The first-order valence-corrected chi connectivity index (χ1v) is 14.4. The Morgan fingerprint density at radius 2 is 1.79 bits per heavy atom. The molecule has 0 aliphatic carbocycles. The van der Waals surface area contributed by atoms with Crippen LogP contribution in [0.2, 0.25) is 5.02 Å². The third-order valence-electron chi connectivity index (χ3n) is 5.78. The van der Waals surface area contributed by atoms with E-state index in [9.17, 15) is 31.2 Å². The SMILES string of the molecule is CCC(C(=O)NCC(C)C)N(Cc1cccc(OC)c1)C(=O)CN(c1ccc(Cl)c(C(F)(F)F)c1)S(C)(=O)=O. The zero-order valence-corrected chi connectivity index (χ0v) is 24.0. The van der Waals surface area contributed by atoms with E-state index in [0.717, 1.165) is 18.4 Å². The van der Waals surface area contributed by atoms with Gasteiger partial charge in [-0.25, -0.2) is 8.42 Å². The molecule has 8 nitrogen and oxygen atoms in total. The second-order valence-electron chi connectivity index (χ2n) is 9.37. The first-order chi connectivity index (χ1) is 18.1. The molecule has 0 aromatic heterocycles. The number of ether oxygens (including phenoxy) is 1. The molecular weight excluding hydrogens is 559 g/mol. The second kappa shape index (κ2) is 13.4. The minimum Gasteiger partial charge on any atom is -0.497 e. The summed E-state index contributed by atoms with van der Waals surface area (Å²) in [5, 5.41) is 2.18. The molecule has 0 aliphatic rings. The van der Waals surface area contributed by atoms with E-state index in [-0.39, 0.29) is 24.6 Å². The van der Waals surface area contributed by atoms with Crippen LogP contribution in [0, 0.1) is 5.92 Å². The van der Waals surface area contributed by atoms with Gasteiger partial charge >= 0.3 is 6.18 Å². The van der Waals surface area contributed by atoms with Gasteiger partial charge in [0, 0.05) is 13.1 Å². The fourth-order valence-corrected chi connectivity index (χ4v) is 4.88. The molecule has 0 heterocycles. The largest absolute Gasteiger partial charge is 0.497 e. The third-order valence-corrected chi connectivity index (χ3v) is 7.25. The summed E-state index contributed by atoms with van der Waals surface area (Å²) in [5.74, 6) is -0.559. The van der Waals surface area contributed by atoms with Crippen molar-refractivity contribution < 1.29 is 35.9 Å². The lowest BCUT2D eigenvalue weighted by molar-refractivity contribution is -0.140. The number of halogens is 4. The molecule has 0 fully saturated rings. The van der Waals surface area contributed by atoms with Gasteiger partial charge in [0.15, 0.2) is 0 Å². The van der Waals surface area contributed by atoms with Crippen LogP contribution in [0.3, 0.4) is 0 Å². The second-order valence-corrected chi connectivity index (χ2v) is 11.7. The molecule has 1 unspecified atom stereocenters. The molecular formula is C26H33ClF3N3O5S. The number of rotatable bonds is 12. The van der Waals surface area contributed by atoms with Crippen LogP contribution in [-0.4, -0.2) is 57.6 Å². The molecule has 0 saturated carbocycles. The number of anilines is 1. The number of alkyl halides is 3. The molecule has 2 aromatic rings. The van der Waals surface area contributed by atoms with Crippen molar-refractivity contribution in [3.63, 3.8) is 0 Å². The van der Waals surface area contributed by atoms with E-state index >= 15 is 0 Å². The van der Waals surface area contributed by atoms with Crippen molar-refractivity contribution in [1.82, 2.24) is 10.2 Å². The molecule has 2 aromatic carbocycles. The Hall–Kier alpha value is -2.99. The smallest absolute Gasteiger partial charge is 0.417 e. The number of carbonyl (C=O) groups is 2. The lowest BCUT2D eigenvalue weighted by atomic mass is 10.1. The first kappa shape index (κ1) is 32.2. The minimum atomic E-state index is -4.85. The monoisotopic (exact) mass is 591 g/mol.